The van der Waals surface area contributed by atoms with Crippen LogP contribution in [0.3, 0.4) is 0 Å². The average molecular weight is 301 g/mol. The Labute approximate surface area is 115 Å². The Morgan fingerprint density at radius 3 is 2.84 bits per heavy atom. The number of nitrogens with one attached hydrogen (secondary N) is 1. The number of aromatic nitrogens is 1. The van der Waals surface area contributed by atoms with Crippen molar-refractivity contribution in [1.29, 1.82) is 0 Å². The minimum Gasteiger partial charge on any atom is -0.478 e. The number of thiophene rings is 1. The van der Waals surface area contributed by atoms with Gasteiger partial charge in [0.15, 0.2) is 0 Å². The molecule has 0 fully saturated rings. The molecular formula is C11H6ClFN2O3S. The number of carboxylic acids is 1. The SMILES string of the molecule is O=C(Nc1sccc1C(=O)O)c1cc(F)cnc1Cl. The molecule has 2 heterocycles. The van der Waals surface area contributed by atoms with Gasteiger partial charge in [-0.2, -0.15) is 0 Å². The van der Waals surface area contributed by atoms with Crippen molar-refractivity contribution in [3.8, 4) is 0 Å². The van der Waals surface area contributed by atoms with Crippen molar-refractivity contribution in [3.05, 3.63) is 45.8 Å². The molecule has 19 heavy (non-hydrogen) atoms. The summed E-state index contributed by atoms with van der Waals surface area (Å²) in [5.41, 5.74) is -0.203. The third kappa shape index (κ3) is 2.88. The Balaban J connectivity index is 2.28. The van der Waals surface area contributed by atoms with Crippen LogP contribution >= 0.6 is 22.9 Å². The minimum absolute atomic E-state index is 0.0427. The van der Waals surface area contributed by atoms with Gasteiger partial charge < -0.3 is 10.4 Å². The second-order valence-corrected chi connectivity index (χ2v) is 4.69. The Morgan fingerprint density at radius 1 is 1.42 bits per heavy atom. The summed E-state index contributed by atoms with van der Waals surface area (Å²) in [6.45, 7) is 0. The van der Waals surface area contributed by atoms with Crippen molar-refractivity contribution in [2.24, 2.45) is 0 Å². The van der Waals surface area contributed by atoms with E-state index in [1.807, 2.05) is 0 Å². The van der Waals surface area contributed by atoms with Crippen LogP contribution in [-0.4, -0.2) is 22.0 Å². The lowest BCUT2D eigenvalue weighted by atomic mass is 10.2. The van der Waals surface area contributed by atoms with E-state index < -0.39 is 17.7 Å². The second-order valence-electron chi connectivity index (χ2n) is 3.41. The molecule has 8 heteroatoms. The summed E-state index contributed by atoms with van der Waals surface area (Å²) in [4.78, 5) is 26.3. The van der Waals surface area contributed by atoms with E-state index in [-0.39, 0.29) is 21.3 Å². The van der Waals surface area contributed by atoms with Crippen LogP contribution in [0, 0.1) is 5.82 Å². The van der Waals surface area contributed by atoms with Crippen molar-refractivity contribution in [1.82, 2.24) is 4.98 Å². The van der Waals surface area contributed by atoms with Crippen molar-refractivity contribution in [3.63, 3.8) is 0 Å². The Kier molecular flexibility index (Phi) is 3.77. The first kappa shape index (κ1) is 13.4. The Morgan fingerprint density at radius 2 is 2.16 bits per heavy atom. The summed E-state index contributed by atoms with van der Waals surface area (Å²) >= 11 is 6.72. The first-order chi connectivity index (χ1) is 8.99. The van der Waals surface area contributed by atoms with E-state index in [0.29, 0.717) is 0 Å². The van der Waals surface area contributed by atoms with Crippen LogP contribution in [0.2, 0.25) is 5.15 Å². The summed E-state index contributed by atoms with van der Waals surface area (Å²) in [7, 11) is 0. The fourth-order valence-corrected chi connectivity index (χ4v) is 2.29. The first-order valence-electron chi connectivity index (χ1n) is 4.92. The van der Waals surface area contributed by atoms with Gasteiger partial charge in [-0.3, -0.25) is 4.79 Å². The highest BCUT2D eigenvalue weighted by atomic mass is 35.5. The van der Waals surface area contributed by atoms with Crippen molar-refractivity contribution in [2.45, 2.75) is 0 Å². The van der Waals surface area contributed by atoms with Gasteiger partial charge in [0.2, 0.25) is 0 Å². The molecule has 0 atom stereocenters. The van der Waals surface area contributed by atoms with Gasteiger partial charge in [-0.15, -0.1) is 11.3 Å². The number of hydrogen-bond acceptors (Lipinski definition) is 4. The molecule has 0 aliphatic heterocycles. The van der Waals surface area contributed by atoms with Crippen LogP contribution < -0.4 is 5.32 Å². The van der Waals surface area contributed by atoms with E-state index in [9.17, 15) is 14.0 Å². The first-order valence-corrected chi connectivity index (χ1v) is 6.18. The number of aromatic carboxylic acids is 1. The highest BCUT2D eigenvalue weighted by molar-refractivity contribution is 7.14. The number of anilines is 1. The van der Waals surface area contributed by atoms with E-state index in [1.54, 1.807) is 0 Å². The lowest BCUT2D eigenvalue weighted by Gasteiger charge is -2.05. The summed E-state index contributed by atoms with van der Waals surface area (Å²) in [5.74, 6) is -2.60. The number of carbonyl (C=O) groups is 2. The zero-order chi connectivity index (χ0) is 14.0. The van der Waals surface area contributed by atoms with Crippen LogP contribution in [0.1, 0.15) is 20.7 Å². The molecule has 1 amide bonds. The lowest BCUT2D eigenvalue weighted by molar-refractivity contribution is 0.0698. The normalized spacial score (nSPS) is 10.2. The van der Waals surface area contributed by atoms with Gasteiger partial charge >= 0.3 is 5.97 Å². The smallest absolute Gasteiger partial charge is 0.338 e. The predicted molar refractivity (Wildman–Crippen MR) is 68.4 cm³/mol. The fourth-order valence-electron chi connectivity index (χ4n) is 1.33. The molecule has 2 aromatic rings. The van der Waals surface area contributed by atoms with Crippen LogP contribution in [-0.2, 0) is 0 Å². The zero-order valence-corrected chi connectivity index (χ0v) is 10.8. The summed E-state index contributed by atoms with van der Waals surface area (Å²) in [6.07, 6.45) is 0.882. The number of carboxylic acid groups (broad SMARTS) is 1. The van der Waals surface area contributed by atoms with Crippen LogP contribution in [0.4, 0.5) is 9.39 Å². The number of nitrogens with zero attached hydrogens (tertiary/aromatic N) is 1. The standard InChI is InChI=1S/C11H6ClFN2O3S/c12-8-7(3-5(13)4-14-8)9(16)15-10-6(11(17)18)1-2-19-10/h1-4H,(H,15,16)(H,17,18). The molecule has 0 saturated heterocycles. The molecule has 0 bridgehead atoms. The quantitative estimate of drug-likeness (QED) is 0.854. The monoisotopic (exact) mass is 300 g/mol. The van der Waals surface area contributed by atoms with Gasteiger partial charge in [0.05, 0.1) is 17.3 Å². The second kappa shape index (κ2) is 5.33. The van der Waals surface area contributed by atoms with E-state index >= 15 is 0 Å². The molecule has 0 aliphatic rings. The predicted octanol–water partition coefficient (Wildman–Crippen LogP) is 2.89. The molecule has 2 rings (SSSR count). The maximum atomic E-state index is 13.0. The number of hydrogen-bond donors (Lipinski definition) is 2. The van der Waals surface area contributed by atoms with E-state index in [1.165, 1.54) is 11.4 Å². The van der Waals surface area contributed by atoms with Gasteiger partial charge in [-0.25, -0.2) is 14.2 Å². The summed E-state index contributed by atoms with van der Waals surface area (Å²) < 4.78 is 13.0. The molecule has 0 saturated carbocycles. The minimum atomic E-state index is -1.17. The third-order valence-electron chi connectivity index (χ3n) is 2.17. The van der Waals surface area contributed by atoms with Gasteiger partial charge in [0, 0.05) is 0 Å². The van der Waals surface area contributed by atoms with E-state index in [0.717, 1.165) is 23.6 Å². The van der Waals surface area contributed by atoms with Crippen LogP contribution in [0.5, 0.6) is 0 Å². The largest absolute Gasteiger partial charge is 0.478 e. The van der Waals surface area contributed by atoms with Crippen molar-refractivity contribution in [2.75, 3.05) is 5.32 Å². The molecule has 0 aromatic carbocycles. The fraction of sp³-hybridized carbons (Fsp3) is 0. The number of amides is 1. The molecule has 0 spiro atoms. The van der Waals surface area contributed by atoms with E-state index in [2.05, 4.69) is 10.3 Å². The molecule has 0 unspecified atom stereocenters. The van der Waals surface area contributed by atoms with Crippen molar-refractivity contribution >= 4 is 39.8 Å². The average Bonchev–Trinajstić information content (AvgIpc) is 2.80. The van der Waals surface area contributed by atoms with E-state index in [4.69, 9.17) is 16.7 Å². The van der Waals surface area contributed by atoms with Crippen LogP contribution in [0.25, 0.3) is 0 Å². The number of carbonyl (C=O) groups excluding carboxylic acids is 1. The molecule has 98 valence electrons. The summed E-state index contributed by atoms with van der Waals surface area (Å²) in [5, 5.41) is 12.8. The van der Waals surface area contributed by atoms with Gasteiger partial charge in [0.25, 0.3) is 5.91 Å². The molecule has 0 radical (unpaired) electrons. The summed E-state index contributed by atoms with van der Waals surface area (Å²) in [6, 6.07) is 2.28. The highest BCUT2D eigenvalue weighted by Crippen LogP contribution is 2.24. The lowest BCUT2D eigenvalue weighted by Crippen LogP contribution is -2.14. The molecule has 0 aliphatic carbocycles. The number of pyridine rings is 1. The Bertz CT molecular complexity index is 659. The van der Waals surface area contributed by atoms with Crippen molar-refractivity contribution < 1.29 is 19.1 Å². The molecule has 2 N–H and O–H groups in total. The number of halogens is 2. The Hall–Kier alpha value is -1.99. The highest BCUT2D eigenvalue weighted by Gasteiger charge is 2.17. The third-order valence-corrected chi connectivity index (χ3v) is 3.30. The maximum absolute atomic E-state index is 13.0. The van der Waals surface area contributed by atoms with Gasteiger partial charge in [-0.1, -0.05) is 11.6 Å². The maximum Gasteiger partial charge on any atom is 0.338 e. The molecule has 5 nitrogen and oxygen atoms in total. The topological polar surface area (TPSA) is 79.3 Å². The molecule has 2 aromatic heterocycles. The van der Waals surface area contributed by atoms with Crippen LogP contribution in [0.15, 0.2) is 23.7 Å². The molecular weight excluding hydrogens is 295 g/mol. The zero-order valence-electron chi connectivity index (χ0n) is 9.18. The van der Waals surface area contributed by atoms with Gasteiger partial charge in [-0.05, 0) is 17.5 Å². The van der Waals surface area contributed by atoms with Gasteiger partial charge in [0.1, 0.15) is 16.0 Å². The number of rotatable bonds is 3.